The third kappa shape index (κ3) is 7.23. The second kappa shape index (κ2) is 6.86. The van der Waals surface area contributed by atoms with E-state index in [1.54, 1.807) is 0 Å². The SMILES string of the molecule is FC(F)(F)COCCCNc1cccc(Br)c1. The van der Waals surface area contributed by atoms with Gasteiger partial charge in [-0.05, 0) is 24.6 Å². The number of benzene rings is 1. The first kappa shape index (κ1) is 14.3. The van der Waals surface area contributed by atoms with Crippen LogP contribution >= 0.6 is 15.9 Å². The average Bonchev–Trinajstić information content (AvgIpc) is 2.22. The minimum absolute atomic E-state index is 0.0977. The Hall–Kier alpha value is -0.750. The first-order valence-electron chi connectivity index (χ1n) is 5.11. The summed E-state index contributed by atoms with van der Waals surface area (Å²) in [4.78, 5) is 0. The smallest absolute Gasteiger partial charge is 0.385 e. The predicted octanol–water partition coefficient (Wildman–Crippen LogP) is 3.83. The van der Waals surface area contributed by atoms with Crippen LogP contribution in [0.2, 0.25) is 0 Å². The summed E-state index contributed by atoms with van der Waals surface area (Å²) >= 11 is 3.33. The highest BCUT2D eigenvalue weighted by molar-refractivity contribution is 9.10. The summed E-state index contributed by atoms with van der Waals surface area (Å²) in [7, 11) is 0. The zero-order valence-corrected chi connectivity index (χ0v) is 10.6. The lowest BCUT2D eigenvalue weighted by Crippen LogP contribution is -2.18. The number of rotatable bonds is 6. The lowest BCUT2D eigenvalue weighted by molar-refractivity contribution is -0.173. The third-order valence-electron chi connectivity index (χ3n) is 1.88. The lowest BCUT2D eigenvalue weighted by Gasteiger charge is -2.09. The molecule has 0 saturated heterocycles. The maximum atomic E-state index is 11.7. The summed E-state index contributed by atoms with van der Waals surface area (Å²) in [6.45, 7) is -0.501. The Kier molecular flexibility index (Phi) is 5.77. The van der Waals surface area contributed by atoms with E-state index >= 15 is 0 Å². The van der Waals surface area contributed by atoms with Gasteiger partial charge in [0.05, 0.1) is 0 Å². The molecular weight excluding hydrogens is 299 g/mol. The first-order valence-corrected chi connectivity index (χ1v) is 5.90. The Morgan fingerprint density at radius 1 is 1.29 bits per heavy atom. The molecule has 0 amide bonds. The molecule has 0 aliphatic carbocycles. The monoisotopic (exact) mass is 311 g/mol. The zero-order chi connectivity index (χ0) is 12.7. The van der Waals surface area contributed by atoms with Crippen molar-refractivity contribution in [3.8, 4) is 0 Å². The summed E-state index contributed by atoms with van der Waals surface area (Å²) in [5, 5.41) is 3.09. The Morgan fingerprint density at radius 2 is 2.06 bits per heavy atom. The van der Waals surface area contributed by atoms with Crippen molar-refractivity contribution < 1.29 is 17.9 Å². The molecule has 0 unspecified atom stereocenters. The normalized spacial score (nSPS) is 11.5. The van der Waals surface area contributed by atoms with Gasteiger partial charge >= 0.3 is 6.18 Å². The number of hydrogen-bond acceptors (Lipinski definition) is 2. The van der Waals surface area contributed by atoms with Crippen LogP contribution in [0, 0.1) is 0 Å². The second-order valence-electron chi connectivity index (χ2n) is 3.46. The van der Waals surface area contributed by atoms with E-state index in [2.05, 4.69) is 26.0 Å². The fourth-order valence-corrected chi connectivity index (χ4v) is 1.59. The van der Waals surface area contributed by atoms with Crippen LogP contribution in [0.25, 0.3) is 0 Å². The van der Waals surface area contributed by atoms with E-state index < -0.39 is 12.8 Å². The molecule has 0 aliphatic rings. The van der Waals surface area contributed by atoms with Crippen LogP contribution in [0.15, 0.2) is 28.7 Å². The van der Waals surface area contributed by atoms with Crippen molar-refractivity contribution in [2.24, 2.45) is 0 Å². The minimum atomic E-state index is -4.24. The van der Waals surface area contributed by atoms with Gasteiger partial charge in [-0.25, -0.2) is 0 Å². The first-order chi connectivity index (χ1) is 7.97. The quantitative estimate of drug-likeness (QED) is 0.806. The van der Waals surface area contributed by atoms with Crippen molar-refractivity contribution in [2.45, 2.75) is 12.6 Å². The van der Waals surface area contributed by atoms with E-state index in [4.69, 9.17) is 0 Å². The molecule has 17 heavy (non-hydrogen) atoms. The Bertz CT molecular complexity index is 344. The zero-order valence-electron chi connectivity index (χ0n) is 9.06. The summed E-state index contributed by atoms with van der Waals surface area (Å²) in [6, 6.07) is 7.57. The lowest BCUT2D eigenvalue weighted by atomic mass is 10.3. The Balaban J connectivity index is 2.09. The van der Waals surface area contributed by atoms with Crippen molar-refractivity contribution >= 4 is 21.6 Å². The molecule has 0 aliphatic heterocycles. The fraction of sp³-hybridized carbons (Fsp3) is 0.455. The molecule has 96 valence electrons. The number of nitrogens with one attached hydrogen (secondary N) is 1. The van der Waals surface area contributed by atoms with Gasteiger partial charge in [0.2, 0.25) is 0 Å². The highest BCUT2D eigenvalue weighted by atomic mass is 79.9. The van der Waals surface area contributed by atoms with Crippen LogP contribution in [-0.4, -0.2) is 25.9 Å². The Morgan fingerprint density at radius 3 is 2.71 bits per heavy atom. The maximum Gasteiger partial charge on any atom is 0.411 e. The van der Waals surface area contributed by atoms with E-state index in [1.165, 1.54) is 0 Å². The van der Waals surface area contributed by atoms with Gasteiger partial charge in [0.1, 0.15) is 6.61 Å². The van der Waals surface area contributed by atoms with Gasteiger partial charge in [-0.15, -0.1) is 0 Å². The molecule has 1 N–H and O–H groups in total. The number of halogens is 4. The molecule has 6 heteroatoms. The van der Waals surface area contributed by atoms with Gasteiger partial charge in [-0.2, -0.15) is 13.2 Å². The third-order valence-corrected chi connectivity index (χ3v) is 2.38. The van der Waals surface area contributed by atoms with Crippen LogP contribution in [0.4, 0.5) is 18.9 Å². The standard InChI is InChI=1S/C11H13BrF3NO/c12-9-3-1-4-10(7-9)16-5-2-6-17-8-11(13,14)15/h1,3-4,7,16H,2,5-6,8H2. The van der Waals surface area contributed by atoms with Crippen LogP contribution < -0.4 is 5.32 Å². The highest BCUT2D eigenvalue weighted by Gasteiger charge is 2.27. The summed E-state index contributed by atoms with van der Waals surface area (Å²) in [5.41, 5.74) is 0.926. The van der Waals surface area contributed by atoms with Crippen molar-refractivity contribution in [3.63, 3.8) is 0 Å². The average molecular weight is 312 g/mol. The molecule has 1 aromatic carbocycles. The van der Waals surface area contributed by atoms with E-state index in [0.29, 0.717) is 13.0 Å². The molecule has 0 aromatic heterocycles. The van der Waals surface area contributed by atoms with E-state index in [1.807, 2.05) is 24.3 Å². The number of hydrogen-bond donors (Lipinski definition) is 1. The molecule has 0 fully saturated rings. The van der Waals surface area contributed by atoms with Gasteiger partial charge < -0.3 is 10.1 Å². The summed E-state index contributed by atoms with van der Waals surface area (Å²) < 4.78 is 40.6. The second-order valence-corrected chi connectivity index (χ2v) is 4.37. The van der Waals surface area contributed by atoms with E-state index in [0.717, 1.165) is 10.2 Å². The van der Waals surface area contributed by atoms with Gasteiger partial charge in [-0.1, -0.05) is 22.0 Å². The van der Waals surface area contributed by atoms with Gasteiger partial charge in [0, 0.05) is 23.3 Å². The summed E-state index contributed by atoms with van der Waals surface area (Å²) in [6.07, 6.45) is -3.71. The van der Waals surface area contributed by atoms with Crippen LogP contribution in [0.5, 0.6) is 0 Å². The summed E-state index contributed by atoms with van der Waals surface area (Å²) in [5.74, 6) is 0. The molecule has 0 atom stereocenters. The van der Waals surface area contributed by atoms with Crippen LogP contribution in [-0.2, 0) is 4.74 Å². The minimum Gasteiger partial charge on any atom is -0.385 e. The molecule has 1 rings (SSSR count). The van der Waals surface area contributed by atoms with Crippen LogP contribution in [0.1, 0.15) is 6.42 Å². The van der Waals surface area contributed by atoms with Gasteiger partial charge in [0.15, 0.2) is 0 Å². The van der Waals surface area contributed by atoms with Crippen molar-refractivity contribution in [1.82, 2.24) is 0 Å². The molecule has 0 radical (unpaired) electrons. The molecular formula is C11H13BrF3NO. The van der Waals surface area contributed by atoms with E-state index in [-0.39, 0.29) is 6.61 Å². The Labute approximate surface area is 106 Å². The molecule has 1 aromatic rings. The topological polar surface area (TPSA) is 21.3 Å². The molecule has 2 nitrogen and oxygen atoms in total. The van der Waals surface area contributed by atoms with Gasteiger partial charge in [0.25, 0.3) is 0 Å². The highest BCUT2D eigenvalue weighted by Crippen LogP contribution is 2.16. The predicted molar refractivity (Wildman–Crippen MR) is 64.1 cm³/mol. The van der Waals surface area contributed by atoms with Crippen molar-refractivity contribution in [3.05, 3.63) is 28.7 Å². The number of anilines is 1. The maximum absolute atomic E-state index is 11.7. The van der Waals surface area contributed by atoms with E-state index in [9.17, 15) is 13.2 Å². The van der Waals surface area contributed by atoms with Crippen molar-refractivity contribution in [2.75, 3.05) is 25.1 Å². The number of alkyl halides is 3. The van der Waals surface area contributed by atoms with Crippen LogP contribution in [0.3, 0.4) is 0 Å². The largest absolute Gasteiger partial charge is 0.411 e. The number of ether oxygens (including phenoxy) is 1. The molecule has 0 spiro atoms. The fourth-order valence-electron chi connectivity index (χ4n) is 1.19. The van der Waals surface area contributed by atoms with Crippen molar-refractivity contribution in [1.29, 1.82) is 0 Å². The molecule has 0 saturated carbocycles. The molecule has 0 bridgehead atoms. The van der Waals surface area contributed by atoms with Gasteiger partial charge in [-0.3, -0.25) is 0 Å². The molecule has 0 heterocycles.